The van der Waals surface area contributed by atoms with E-state index in [0.717, 1.165) is 22.2 Å². The summed E-state index contributed by atoms with van der Waals surface area (Å²) in [6, 6.07) is 5.25. The van der Waals surface area contributed by atoms with Crippen LogP contribution in [0.4, 0.5) is 0 Å². The van der Waals surface area contributed by atoms with Crippen molar-refractivity contribution in [2.75, 3.05) is 0 Å². The third-order valence-electron chi connectivity index (χ3n) is 2.03. The van der Waals surface area contributed by atoms with Gasteiger partial charge in [0.2, 0.25) is 5.91 Å². The van der Waals surface area contributed by atoms with Crippen LogP contribution in [-0.4, -0.2) is 12.0 Å². The Morgan fingerprint density at radius 3 is 2.71 bits per heavy atom. The van der Waals surface area contributed by atoms with E-state index in [0.29, 0.717) is 11.7 Å². The van der Waals surface area contributed by atoms with Crippen LogP contribution in [0.25, 0.3) is 0 Å². The molecule has 74 valence electrons. The molecule has 3 nitrogen and oxygen atoms in total. The van der Waals surface area contributed by atoms with Gasteiger partial charge in [0, 0.05) is 5.56 Å². The highest BCUT2D eigenvalue weighted by molar-refractivity contribution is 14.1. The van der Waals surface area contributed by atoms with Gasteiger partial charge in [-0.1, -0.05) is 0 Å². The smallest absolute Gasteiger partial charge is 0.248 e. The lowest BCUT2D eigenvalue weighted by molar-refractivity contribution is 0.1000. The van der Waals surface area contributed by atoms with E-state index in [9.17, 15) is 4.79 Å². The minimum absolute atomic E-state index is 0.378. The topological polar surface area (TPSA) is 52.3 Å². The first-order valence-corrected chi connectivity index (χ1v) is 5.50. The van der Waals surface area contributed by atoms with Crippen molar-refractivity contribution in [2.24, 2.45) is 5.73 Å². The second-order valence-corrected chi connectivity index (χ2v) is 4.49. The molecule has 1 amide bonds. The monoisotopic (exact) mass is 303 g/mol. The number of carbonyl (C=O) groups excluding carboxylic acids is 1. The van der Waals surface area contributed by atoms with Crippen LogP contribution in [-0.2, 0) is 0 Å². The zero-order valence-electron chi connectivity index (χ0n) is 7.50. The summed E-state index contributed by atoms with van der Waals surface area (Å²) >= 11 is 2.15. The second-order valence-electron chi connectivity index (χ2n) is 3.33. The first-order valence-electron chi connectivity index (χ1n) is 4.43. The number of carbonyl (C=O) groups is 1. The summed E-state index contributed by atoms with van der Waals surface area (Å²) in [5.41, 5.74) is 5.69. The molecular weight excluding hydrogens is 293 g/mol. The highest BCUT2D eigenvalue weighted by Crippen LogP contribution is 2.30. The average molecular weight is 303 g/mol. The molecule has 1 aromatic carbocycles. The molecule has 0 atom stereocenters. The summed E-state index contributed by atoms with van der Waals surface area (Å²) < 4.78 is 6.57. The van der Waals surface area contributed by atoms with Gasteiger partial charge in [-0.25, -0.2) is 0 Å². The normalized spacial score (nSPS) is 15.2. The third kappa shape index (κ3) is 2.17. The van der Waals surface area contributed by atoms with Crippen molar-refractivity contribution < 1.29 is 9.53 Å². The van der Waals surface area contributed by atoms with Gasteiger partial charge in [-0.3, -0.25) is 4.79 Å². The zero-order chi connectivity index (χ0) is 10.1. The van der Waals surface area contributed by atoms with E-state index in [-0.39, 0.29) is 0 Å². The van der Waals surface area contributed by atoms with Crippen LogP contribution in [0.2, 0.25) is 0 Å². The molecule has 14 heavy (non-hydrogen) atoms. The van der Waals surface area contributed by atoms with Crippen LogP contribution in [0, 0.1) is 3.57 Å². The molecule has 4 heteroatoms. The first-order chi connectivity index (χ1) is 6.66. The van der Waals surface area contributed by atoms with Crippen molar-refractivity contribution in [3.63, 3.8) is 0 Å². The Morgan fingerprint density at radius 2 is 2.21 bits per heavy atom. The maximum absolute atomic E-state index is 10.9. The molecule has 0 unspecified atom stereocenters. The fraction of sp³-hybridized carbons (Fsp3) is 0.300. The molecule has 2 rings (SSSR count). The van der Waals surface area contributed by atoms with E-state index in [1.54, 1.807) is 18.2 Å². The maximum atomic E-state index is 10.9. The predicted molar refractivity (Wildman–Crippen MR) is 61.3 cm³/mol. The molecular formula is C10H10INO2. The van der Waals surface area contributed by atoms with Gasteiger partial charge < -0.3 is 10.5 Å². The van der Waals surface area contributed by atoms with E-state index in [1.165, 1.54) is 0 Å². The van der Waals surface area contributed by atoms with Crippen molar-refractivity contribution in [1.82, 2.24) is 0 Å². The quantitative estimate of drug-likeness (QED) is 0.868. The van der Waals surface area contributed by atoms with Gasteiger partial charge in [0.1, 0.15) is 5.75 Å². The van der Waals surface area contributed by atoms with Crippen molar-refractivity contribution in [2.45, 2.75) is 18.9 Å². The minimum Gasteiger partial charge on any atom is -0.489 e. The number of nitrogens with two attached hydrogens (primary N) is 1. The molecule has 0 saturated heterocycles. The van der Waals surface area contributed by atoms with Gasteiger partial charge in [0.05, 0.1) is 9.67 Å². The molecule has 0 aliphatic heterocycles. The number of hydrogen-bond donors (Lipinski definition) is 1. The van der Waals surface area contributed by atoms with Crippen LogP contribution >= 0.6 is 22.6 Å². The highest BCUT2D eigenvalue weighted by atomic mass is 127. The van der Waals surface area contributed by atoms with E-state index < -0.39 is 5.91 Å². The lowest BCUT2D eigenvalue weighted by Gasteiger charge is -2.07. The number of hydrogen-bond acceptors (Lipinski definition) is 2. The maximum Gasteiger partial charge on any atom is 0.248 e. The van der Waals surface area contributed by atoms with Crippen LogP contribution in [0.1, 0.15) is 23.2 Å². The molecule has 0 spiro atoms. The number of ether oxygens (including phenoxy) is 1. The number of amides is 1. The van der Waals surface area contributed by atoms with E-state index in [4.69, 9.17) is 10.5 Å². The third-order valence-corrected chi connectivity index (χ3v) is 2.88. The van der Waals surface area contributed by atoms with Gasteiger partial charge >= 0.3 is 0 Å². The van der Waals surface area contributed by atoms with Crippen LogP contribution in [0.3, 0.4) is 0 Å². The Morgan fingerprint density at radius 1 is 1.50 bits per heavy atom. The Kier molecular flexibility index (Phi) is 2.62. The van der Waals surface area contributed by atoms with E-state index in [1.807, 2.05) is 0 Å². The summed E-state index contributed by atoms with van der Waals surface area (Å²) in [6.07, 6.45) is 2.64. The number of halogens is 1. The number of benzene rings is 1. The van der Waals surface area contributed by atoms with Gasteiger partial charge in [-0.05, 0) is 53.6 Å². The lowest BCUT2D eigenvalue weighted by Crippen LogP contribution is -2.11. The molecule has 0 heterocycles. The second kappa shape index (κ2) is 3.76. The van der Waals surface area contributed by atoms with E-state index in [2.05, 4.69) is 22.6 Å². The van der Waals surface area contributed by atoms with Gasteiger partial charge in [0.25, 0.3) is 0 Å². The molecule has 1 saturated carbocycles. The van der Waals surface area contributed by atoms with Crippen molar-refractivity contribution in [3.05, 3.63) is 27.3 Å². The Balaban J connectivity index is 2.21. The van der Waals surface area contributed by atoms with Crippen LogP contribution < -0.4 is 10.5 Å². The fourth-order valence-corrected chi connectivity index (χ4v) is 1.76. The van der Waals surface area contributed by atoms with Gasteiger partial charge in [-0.15, -0.1) is 0 Å². The number of rotatable bonds is 3. The average Bonchev–Trinajstić information content (AvgIpc) is 2.92. The molecule has 0 radical (unpaired) electrons. The molecule has 0 bridgehead atoms. The number of primary amides is 1. The summed E-state index contributed by atoms with van der Waals surface area (Å²) in [4.78, 5) is 10.9. The van der Waals surface area contributed by atoms with Crippen molar-refractivity contribution in [3.8, 4) is 5.75 Å². The van der Waals surface area contributed by atoms with Gasteiger partial charge in [0.15, 0.2) is 0 Å². The molecule has 1 aliphatic carbocycles. The summed E-state index contributed by atoms with van der Waals surface area (Å²) in [5.74, 6) is 0.444. The zero-order valence-corrected chi connectivity index (χ0v) is 9.65. The lowest BCUT2D eigenvalue weighted by atomic mass is 10.2. The standard InChI is InChI=1S/C10H10INO2/c11-8-5-6(10(12)13)1-4-9(8)14-7-2-3-7/h1,4-5,7H,2-3H2,(H2,12,13). The van der Waals surface area contributed by atoms with Crippen molar-refractivity contribution in [1.29, 1.82) is 0 Å². The molecule has 1 aromatic rings. The largest absolute Gasteiger partial charge is 0.489 e. The van der Waals surface area contributed by atoms with E-state index >= 15 is 0 Å². The predicted octanol–water partition coefficient (Wildman–Crippen LogP) is 1.93. The van der Waals surface area contributed by atoms with Gasteiger partial charge in [-0.2, -0.15) is 0 Å². The van der Waals surface area contributed by atoms with Crippen LogP contribution in [0.15, 0.2) is 18.2 Å². The Labute approximate surface area is 95.8 Å². The van der Waals surface area contributed by atoms with Crippen molar-refractivity contribution >= 4 is 28.5 Å². The minimum atomic E-state index is -0.402. The molecule has 2 N–H and O–H groups in total. The fourth-order valence-electron chi connectivity index (χ4n) is 1.12. The van der Waals surface area contributed by atoms with Crippen LogP contribution in [0.5, 0.6) is 5.75 Å². The summed E-state index contributed by atoms with van der Waals surface area (Å²) in [5, 5.41) is 0. The SMILES string of the molecule is NC(=O)c1ccc(OC2CC2)c(I)c1. The Hall–Kier alpha value is -0.780. The highest BCUT2D eigenvalue weighted by Gasteiger charge is 2.24. The molecule has 1 fully saturated rings. The Bertz CT molecular complexity index is 374. The molecule has 0 aromatic heterocycles. The first kappa shape index (κ1) is 9.76. The summed E-state index contributed by atoms with van der Waals surface area (Å²) in [7, 11) is 0. The summed E-state index contributed by atoms with van der Waals surface area (Å²) in [6.45, 7) is 0. The molecule has 1 aliphatic rings.